The molecule has 0 atom stereocenters. The monoisotopic (exact) mass is 209 g/mol. The molecule has 0 radical (unpaired) electrons. The molecule has 0 saturated carbocycles. The van der Waals surface area contributed by atoms with Gasteiger partial charge in [0.1, 0.15) is 0 Å². The number of halogens is 1. The lowest BCUT2D eigenvalue weighted by atomic mass is 10.0. The van der Waals surface area contributed by atoms with Crippen LogP contribution in [-0.2, 0) is 0 Å². The summed E-state index contributed by atoms with van der Waals surface area (Å²) in [5.41, 5.74) is 10.3. The van der Waals surface area contributed by atoms with Gasteiger partial charge >= 0.3 is 0 Å². The summed E-state index contributed by atoms with van der Waals surface area (Å²) in [6.07, 6.45) is 5.12. The summed E-state index contributed by atoms with van der Waals surface area (Å²) >= 11 is 5.60. The molecule has 2 N–H and O–H groups in total. The molecule has 2 heteroatoms. The summed E-state index contributed by atoms with van der Waals surface area (Å²) < 4.78 is 0. The zero-order valence-corrected chi connectivity index (χ0v) is 9.43. The number of rotatable bonds is 3. The molecule has 0 aromatic heterocycles. The predicted molar refractivity (Wildman–Crippen MR) is 64.7 cm³/mol. The molecule has 0 heterocycles. The molecule has 0 aliphatic rings. The molecule has 1 rings (SSSR count). The highest BCUT2D eigenvalue weighted by molar-refractivity contribution is 6.17. The van der Waals surface area contributed by atoms with Crippen LogP contribution in [0.15, 0.2) is 18.2 Å². The van der Waals surface area contributed by atoms with Crippen molar-refractivity contribution in [2.75, 3.05) is 11.6 Å². The summed E-state index contributed by atoms with van der Waals surface area (Å²) in [4.78, 5) is 0. The number of hydrogen-bond acceptors (Lipinski definition) is 1. The molecule has 1 aromatic rings. The van der Waals surface area contributed by atoms with E-state index in [1.165, 1.54) is 16.7 Å². The lowest BCUT2D eigenvalue weighted by molar-refractivity contribution is 1.24. The Morgan fingerprint density at radius 1 is 1.29 bits per heavy atom. The fourth-order valence-corrected chi connectivity index (χ4v) is 1.66. The van der Waals surface area contributed by atoms with E-state index in [9.17, 15) is 0 Å². The maximum Gasteiger partial charge on any atom is 0.0319 e. The highest BCUT2D eigenvalue weighted by atomic mass is 35.5. The van der Waals surface area contributed by atoms with Crippen LogP contribution in [0.3, 0.4) is 0 Å². The first-order chi connectivity index (χ1) is 6.65. The van der Waals surface area contributed by atoms with Crippen molar-refractivity contribution in [2.45, 2.75) is 20.3 Å². The Labute approximate surface area is 90.6 Å². The number of hydrogen-bond donors (Lipinski definition) is 1. The van der Waals surface area contributed by atoms with Crippen molar-refractivity contribution in [2.24, 2.45) is 0 Å². The second kappa shape index (κ2) is 5.06. The molecule has 1 nitrogen and oxygen atoms in total. The molecule has 0 unspecified atom stereocenters. The Hall–Kier alpha value is -0.950. The average molecular weight is 210 g/mol. The van der Waals surface area contributed by atoms with E-state index in [0.717, 1.165) is 12.1 Å². The third-order valence-corrected chi connectivity index (χ3v) is 2.39. The normalized spacial score (nSPS) is 11.1. The number of nitrogens with two attached hydrogens (primary N) is 1. The smallest absolute Gasteiger partial charge is 0.0319 e. The van der Waals surface area contributed by atoms with Gasteiger partial charge in [0.25, 0.3) is 0 Å². The molecule has 0 aliphatic carbocycles. The number of alkyl halides is 1. The van der Waals surface area contributed by atoms with Crippen LogP contribution in [0.25, 0.3) is 6.08 Å². The Bertz CT molecular complexity index is 319. The molecule has 76 valence electrons. The standard InChI is InChI=1S/C12H16ClN/c1-9-7-11(14)8-10(2)12(9)5-3-4-6-13/h3,5,7-8H,4,6,14H2,1-2H3. The molecule has 0 saturated heterocycles. The second-order valence-corrected chi connectivity index (χ2v) is 3.83. The van der Waals surface area contributed by atoms with E-state index < -0.39 is 0 Å². The highest BCUT2D eigenvalue weighted by Crippen LogP contribution is 2.19. The van der Waals surface area contributed by atoms with Crippen LogP contribution in [-0.4, -0.2) is 5.88 Å². The van der Waals surface area contributed by atoms with E-state index >= 15 is 0 Å². The number of nitrogen functional groups attached to an aromatic ring is 1. The van der Waals surface area contributed by atoms with Crippen molar-refractivity contribution in [1.82, 2.24) is 0 Å². The summed E-state index contributed by atoms with van der Waals surface area (Å²) in [6, 6.07) is 3.99. The van der Waals surface area contributed by atoms with Gasteiger partial charge in [-0.25, -0.2) is 0 Å². The van der Waals surface area contributed by atoms with Crippen LogP contribution >= 0.6 is 11.6 Å². The Balaban J connectivity index is 2.96. The summed E-state index contributed by atoms with van der Waals surface area (Å²) in [5.74, 6) is 0.670. The van der Waals surface area contributed by atoms with Gasteiger partial charge in [0.15, 0.2) is 0 Å². The van der Waals surface area contributed by atoms with Crippen molar-refractivity contribution >= 4 is 23.4 Å². The zero-order valence-electron chi connectivity index (χ0n) is 8.68. The van der Waals surface area contributed by atoms with Crippen molar-refractivity contribution in [3.05, 3.63) is 34.9 Å². The van der Waals surface area contributed by atoms with Crippen molar-refractivity contribution in [3.8, 4) is 0 Å². The first-order valence-electron chi connectivity index (χ1n) is 4.74. The summed E-state index contributed by atoms with van der Waals surface area (Å²) in [5, 5.41) is 0. The van der Waals surface area contributed by atoms with Gasteiger partial charge in [-0.2, -0.15) is 0 Å². The van der Waals surface area contributed by atoms with Crippen molar-refractivity contribution in [3.63, 3.8) is 0 Å². The van der Waals surface area contributed by atoms with E-state index in [2.05, 4.69) is 26.0 Å². The van der Waals surface area contributed by atoms with Crippen LogP contribution in [0, 0.1) is 13.8 Å². The maximum atomic E-state index is 5.74. The third-order valence-electron chi connectivity index (χ3n) is 2.18. The predicted octanol–water partition coefficient (Wildman–Crippen LogP) is 3.53. The van der Waals surface area contributed by atoms with E-state index in [4.69, 9.17) is 17.3 Å². The largest absolute Gasteiger partial charge is 0.399 e. The molecule has 1 aromatic carbocycles. The SMILES string of the molecule is Cc1cc(N)cc(C)c1C=CCCCl. The molecule has 0 aliphatic heterocycles. The number of anilines is 1. The molecule has 0 amide bonds. The van der Waals surface area contributed by atoms with E-state index in [1.807, 2.05) is 12.1 Å². The summed E-state index contributed by atoms with van der Waals surface area (Å²) in [6.45, 7) is 4.15. The Morgan fingerprint density at radius 2 is 1.86 bits per heavy atom. The van der Waals surface area contributed by atoms with Gasteiger partial charge in [0, 0.05) is 11.6 Å². The van der Waals surface area contributed by atoms with Crippen LogP contribution in [0.2, 0.25) is 0 Å². The van der Waals surface area contributed by atoms with E-state index in [-0.39, 0.29) is 0 Å². The van der Waals surface area contributed by atoms with E-state index in [0.29, 0.717) is 5.88 Å². The van der Waals surface area contributed by atoms with Crippen molar-refractivity contribution < 1.29 is 0 Å². The van der Waals surface area contributed by atoms with Crippen LogP contribution in [0.5, 0.6) is 0 Å². The molecule has 0 spiro atoms. The Morgan fingerprint density at radius 3 is 2.36 bits per heavy atom. The summed E-state index contributed by atoms with van der Waals surface area (Å²) in [7, 11) is 0. The van der Waals surface area contributed by atoms with Gasteiger partial charge in [-0.3, -0.25) is 0 Å². The minimum absolute atomic E-state index is 0.670. The number of aryl methyl sites for hydroxylation is 2. The molecule has 0 fully saturated rings. The topological polar surface area (TPSA) is 26.0 Å². The maximum absolute atomic E-state index is 5.74. The van der Waals surface area contributed by atoms with Gasteiger partial charge in [0.2, 0.25) is 0 Å². The lowest BCUT2D eigenvalue weighted by Crippen LogP contribution is -1.91. The molecular formula is C12H16ClN. The fourth-order valence-electron chi connectivity index (χ4n) is 1.54. The number of allylic oxidation sites excluding steroid dienone is 1. The van der Waals surface area contributed by atoms with Gasteiger partial charge < -0.3 is 5.73 Å². The second-order valence-electron chi connectivity index (χ2n) is 3.45. The zero-order chi connectivity index (χ0) is 10.6. The molecule has 0 bridgehead atoms. The minimum atomic E-state index is 0.670. The van der Waals surface area contributed by atoms with E-state index in [1.54, 1.807) is 0 Å². The van der Waals surface area contributed by atoms with Crippen LogP contribution in [0.1, 0.15) is 23.1 Å². The highest BCUT2D eigenvalue weighted by Gasteiger charge is 1.99. The van der Waals surface area contributed by atoms with Gasteiger partial charge in [0.05, 0.1) is 0 Å². The first kappa shape index (κ1) is 11.1. The quantitative estimate of drug-likeness (QED) is 0.598. The Kier molecular flexibility index (Phi) is 4.02. The van der Waals surface area contributed by atoms with Crippen LogP contribution < -0.4 is 5.73 Å². The third kappa shape index (κ3) is 2.78. The fraction of sp³-hybridized carbons (Fsp3) is 0.333. The number of benzene rings is 1. The minimum Gasteiger partial charge on any atom is -0.399 e. The van der Waals surface area contributed by atoms with Crippen LogP contribution in [0.4, 0.5) is 5.69 Å². The average Bonchev–Trinajstić information content (AvgIpc) is 2.09. The van der Waals surface area contributed by atoms with Crippen molar-refractivity contribution in [1.29, 1.82) is 0 Å². The molecular weight excluding hydrogens is 194 g/mol. The van der Waals surface area contributed by atoms with Gasteiger partial charge in [-0.1, -0.05) is 12.2 Å². The lowest BCUT2D eigenvalue weighted by Gasteiger charge is -2.06. The molecule has 14 heavy (non-hydrogen) atoms. The van der Waals surface area contributed by atoms with Gasteiger partial charge in [-0.15, -0.1) is 11.6 Å². The van der Waals surface area contributed by atoms with Gasteiger partial charge in [-0.05, 0) is 49.1 Å². The first-order valence-corrected chi connectivity index (χ1v) is 5.28.